The quantitative estimate of drug-likeness (QED) is 0.857. The van der Waals surface area contributed by atoms with Gasteiger partial charge in [0.1, 0.15) is 12.3 Å². The Kier molecular flexibility index (Phi) is 3.28. The number of rotatable bonds is 3. The van der Waals surface area contributed by atoms with Gasteiger partial charge in [-0.05, 0) is 22.6 Å². The molecule has 19 heavy (non-hydrogen) atoms. The maximum Gasteiger partial charge on any atom is 0.408 e. The van der Waals surface area contributed by atoms with Crippen molar-refractivity contribution in [1.29, 1.82) is 0 Å². The van der Waals surface area contributed by atoms with Crippen molar-refractivity contribution < 1.29 is 17.9 Å². The van der Waals surface area contributed by atoms with Gasteiger partial charge in [0.25, 0.3) is 0 Å². The fraction of sp³-hybridized carbons (Fsp3) is 0.300. The molecule has 0 aliphatic heterocycles. The van der Waals surface area contributed by atoms with Gasteiger partial charge >= 0.3 is 6.18 Å². The van der Waals surface area contributed by atoms with E-state index in [4.69, 9.17) is 10.5 Å². The molecular weight excluding hydrogens is 263 g/mol. The zero-order valence-electron chi connectivity index (χ0n) is 9.85. The molecule has 0 atom stereocenters. The molecule has 0 spiro atoms. The number of nitrogens with zero attached hydrogens (tertiary/aromatic N) is 4. The summed E-state index contributed by atoms with van der Waals surface area (Å²) in [6.07, 6.45) is -4.43. The molecule has 6 nitrogen and oxygen atoms in total. The van der Waals surface area contributed by atoms with Gasteiger partial charge in [-0.25, -0.2) is 4.68 Å². The lowest BCUT2D eigenvalue weighted by molar-refractivity contribution is -0.142. The van der Waals surface area contributed by atoms with Crippen LogP contribution in [0.3, 0.4) is 0 Å². The third kappa shape index (κ3) is 2.75. The molecule has 0 fully saturated rings. The summed E-state index contributed by atoms with van der Waals surface area (Å²) in [6, 6.07) is 4.72. The van der Waals surface area contributed by atoms with Crippen LogP contribution in [0, 0.1) is 0 Å². The topological polar surface area (TPSA) is 78.8 Å². The molecule has 0 amide bonds. The molecule has 2 rings (SSSR count). The lowest BCUT2D eigenvalue weighted by atomic mass is 10.1. The van der Waals surface area contributed by atoms with Crippen molar-refractivity contribution in [1.82, 2.24) is 20.2 Å². The van der Waals surface area contributed by atoms with E-state index in [-0.39, 0.29) is 17.1 Å². The molecule has 1 aromatic carbocycles. The normalized spacial score (nSPS) is 11.6. The number of alkyl halides is 3. The van der Waals surface area contributed by atoms with E-state index in [2.05, 4.69) is 15.5 Å². The van der Waals surface area contributed by atoms with Crippen molar-refractivity contribution in [2.45, 2.75) is 12.7 Å². The molecule has 0 aliphatic rings. The Morgan fingerprint density at radius 2 is 2.11 bits per heavy atom. The summed E-state index contributed by atoms with van der Waals surface area (Å²) in [5, 5.41) is 10.2. The highest BCUT2D eigenvalue weighted by molar-refractivity contribution is 5.77. The van der Waals surface area contributed by atoms with Crippen molar-refractivity contribution in [3.63, 3.8) is 0 Å². The number of nitrogen functional groups attached to an aromatic ring is 1. The molecule has 102 valence electrons. The Hall–Kier alpha value is -2.32. The third-order valence-corrected chi connectivity index (χ3v) is 2.36. The fourth-order valence-corrected chi connectivity index (χ4v) is 1.62. The molecule has 0 radical (unpaired) electrons. The molecule has 2 N–H and O–H groups in total. The van der Waals surface area contributed by atoms with E-state index < -0.39 is 12.7 Å². The number of hydrogen-bond donors (Lipinski definition) is 1. The molecule has 0 saturated carbocycles. The van der Waals surface area contributed by atoms with Gasteiger partial charge in [0, 0.05) is 5.69 Å². The number of tetrazole rings is 1. The first-order valence-corrected chi connectivity index (χ1v) is 5.18. The van der Waals surface area contributed by atoms with Crippen LogP contribution in [0.25, 0.3) is 11.4 Å². The van der Waals surface area contributed by atoms with Crippen LogP contribution in [0.15, 0.2) is 18.2 Å². The van der Waals surface area contributed by atoms with Gasteiger partial charge < -0.3 is 10.5 Å². The van der Waals surface area contributed by atoms with E-state index in [1.54, 1.807) is 12.1 Å². The molecule has 0 aliphatic carbocycles. The zero-order chi connectivity index (χ0) is 14.0. The van der Waals surface area contributed by atoms with Gasteiger partial charge in [-0.2, -0.15) is 13.2 Å². The SMILES string of the molecule is COc1cccc(N)c1-c1nnnn1CC(F)(F)F. The van der Waals surface area contributed by atoms with Crippen LogP contribution < -0.4 is 10.5 Å². The van der Waals surface area contributed by atoms with E-state index in [9.17, 15) is 13.2 Å². The number of benzene rings is 1. The number of anilines is 1. The summed E-state index contributed by atoms with van der Waals surface area (Å²) in [4.78, 5) is 0. The van der Waals surface area contributed by atoms with Crippen molar-refractivity contribution >= 4 is 5.69 Å². The average molecular weight is 273 g/mol. The largest absolute Gasteiger partial charge is 0.496 e. The monoisotopic (exact) mass is 273 g/mol. The Morgan fingerprint density at radius 3 is 2.74 bits per heavy atom. The molecule has 2 aromatic rings. The molecular formula is C10H10F3N5O. The number of aromatic nitrogens is 4. The number of nitrogens with two attached hydrogens (primary N) is 1. The van der Waals surface area contributed by atoms with Crippen molar-refractivity contribution in [3.05, 3.63) is 18.2 Å². The van der Waals surface area contributed by atoms with Crippen LogP contribution in [-0.4, -0.2) is 33.5 Å². The lowest BCUT2D eigenvalue weighted by Gasteiger charge is -2.12. The molecule has 0 saturated heterocycles. The summed E-state index contributed by atoms with van der Waals surface area (Å²) in [5.74, 6) is 0.213. The summed E-state index contributed by atoms with van der Waals surface area (Å²) >= 11 is 0. The molecule has 1 aromatic heterocycles. The first-order chi connectivity index (χ1) is 8.92. The van der Waals surface area contributed by atoms with Crippen LogP contribution in [-0.2, 0) is 6.54 Å². The van der Waals surface area contributed by atoms with Crippen molar-refractivity contribution in [2.24, 2.45) is 0 Å². The molecule has 0 unspecified atom stereocenters. The van der Waals surface area contributed by atoms with E-state index in [1.807, 2.05) is 0 Å². The van der Waals surface area contributed by atoms with Gasteiger partial charge in [-0.1, -0.05) is 6.07 Å². The van der Waals surface area contributed by atoms with Crippen LogP contribution in [0.2, 0.25) is 0 Å². The minimum Gasteiger partial charge on any atom is -0.496 e. The van der Waals surface area contributed by atoms with Crippen LogP contribution >= 0.6 is 0 Å². The standard InChI is InChI=1S/C10H10F3N5O/c1-19-7-4-2-3-6(14)8(7)9-15-16-17-18(9)5-10(11,12)13/h2-4H,5,14H2,1H3. The maximum absolute atomic E-state index is 12.4. The van der Waals surface area contributed by atoms with E-state index in [1.165, 1.54) is 13.2 Å². The smallest absolute Gasteiger partial charge is 0.408 e. The predicted molar refractivity (Wildman–Crippen MR) is 60.3 cm³/mol. The third-order valence-electron chi connectivity index (χ3n) is 2.36. The second kappa shape index (κ2) is 4.75. The Labute approximate surface area is 106 Å². The molecule has 9 heteroatoms. The van der Waals surface area contributed by atoms with Gasteiger partial charge in [0.05, 0.1) is 12.7 Å². The second-order valence-corrected chi connectivity index (χ2v) is 3.70. The molecule has 0 bridgehead atoms. The molecule has 1 heterocycles. The summed E-state index contributed by atoms with van der Waals surface area (Å²) in [5.41, 5.74) is 6.22. The summed E-state index contributed by atoms with van der Waals surface area (Å²) < 4.78 is 43.0. The van der Waals surface area contributed by atoms with Crippen LogP contribution in [0.1, 0.15) is 0 Å². The van der Waals surface area contributed by atoms with Crippen molar-refractivity contribution in [3.8, 4) is 17.1 Å². The fourth-order valence-electron chi connectivity index (χ4n) is 1.62. The Bertz CT molecular complexity index is 581. The van der Waals surface area contributed by atoms with Gasteiger partial charge in [0.15, 0.2) is 5.82 Å². The number of methoxy groups -OCH3 is 1. The van der Waals surface area contributed by atoms with Crippen molar-refractivity contribution in [2.75, 3.05) is 12.8 Å². The number of halogens is 3. The minimum absolute atomic E-state index is 0.0905. The van der Waals surface area contributed by atoms with Crippen LogP contribution in [0.4, 0.5) is 18.9 Å². The summed E-state index contributed by atoms with van der Waals surface area (Å²) in [7, 11) is 1.39. The Balaban J connectivity index is 2.52. The lowest BCUT2D eigenvalue weighted by Crippen LogP contribution is -2.19. The van der Waals surface area contributed by atoms with Crippen LogP contribution in [0.5, 0.6) is 5.75 Å². The highest BCUT2D eigenvalue weighted by atomic mass is 19.4. The Morgan fingerprint density at radius 1 is 1.37 bits per heavy atom. The van der Waals surface area contributed by atoms with E-state index in [0.717, 1.165) is 0 Å². The number of hydrogen-bond acceptors (Lipinski definition) is 5. The minimum atomic E-state index is -4.43. The maximum atomic E-state index is 12.4. The highest BCUT2D eigenvalue weighted by Gasteiger charge is 2.31. The first-order valence-electron chi connectivity index (χ1n) is 5.18. The van der Waals surface area contributed by atoms with Gasteiger partial charge in [-0.15, -0.1) is 5.10 Å². The van der Waals surface area contributed by atoms with E-state index in [0.29, 0.717) is 10.4 Å². The average Bonchev–Trinajstić information content (AvgIpc) is 2.74. The second-order valence-electron chi connectivity index (χ2n) is 3.70. The van der Waals surface area contributed by atoms with E-state index >= 15 is 0 Å². The predicted octanol–water partition coefficient (Wildman–Crippen LogP) is 1.49. The van der Waals surface area contributed by atoms with Gasteiger partial charge in [0.2, 0.25) is 0 Å². The highest BCUT2D eigenvalue weighted by Crippen LogP contribution is 2.34. The first kappa shape index (κ1) is 13.1. The zero-order valence-corrected chi connectivity index (χ0v) is 9.85. The number of ether oxygens (including phenoxy) is 1. The van der Waals surface area contributed by atoms with Gasteiger partial charge in [-0.3, -0.25) is 0 Å². The summed E-state index contributed by atoms with van der Waals surface area (Å²) in [6.45, 7) is -1.30.